The Labute approximate surface area is 132 Å². The second-order valence-corrected chi connectivity index (χ2v) is 6.65. The highest BCUT2D eigenvalue weighted by Gasteiger charge is 2.23. The molecule has 1 atom stereocenters. The first kappa shape index (κ1) is 18.0. The maximum absolute atomic E-state index is 11.9. The van der Waals surface area contributed by atoms with Crippen molar-refractivity contribution in [1.29, 1.82) is 0 Å². The van der Waals surface area contributed by atoms with Gasteiger partial charge in [-0.2, -0.15) is 0 Å². The maximum atomic E-state index is 11.9. The van der Waals surface area contributed by atoms with E-state index in [1.165, 1.54) is 0 Å². The Balaban J connectivity index is 2.80. The van der Waals surface area contributed by atoms with Crippen molar-refractivity contribution in [2.75, 3.05) is 0 Å². The van der Waals surface area contributed by atoms with E-state index in [0.717, 1.165) is 5.56 Å². The van der Waals surface area contributed by atoms with Crippen LogP contribution >= 0.6 is 0 Å². The van der Waals surface area contributed by atoms with E-state index < -0.39 is 11.7 Å². The van der Waals surface area contributed by atoms with E-state index in [1.54, 1.807) is 0 Å². The third-order valence-electron chi connectivity index (χ3n) is 3.18. The summed E-state index contributed by atoms with van der Waals surface area (Å²) in [6.07, 6.45) is -0.0470. The quantitative estimate of drug-likeness (QED) is 0.841. The lowest BCUT2D eigenvalue weighted by atomic mass is 9.93. The van der Waals surface area contributed by atoms with Gasteiger partial charge >= 0.3 is 6.09 Å². The normalized spacial score (nSPS) is 12.5. The summed E-state index contributed by atoms with van der Waals surface area (Å²) in [6, 6.07) is 9.18. The molecule has 22 heavy (non-hydrogen) atoms. The summed E-state index contributed by atoms with van der Waals surface area (Å²) in [5.74, 6) is 2.17. The van der Waals surface area contributed by atoms with Crippen LogP contribution < -0.4 is 5.32 Å². The van der Waals surface area contributed by atoms with Gasteiger partial charge in [0, 0.05) is 18.0 Å². The fourth-order valence-electron chi connectivity index (χ4n) is 1.99. The van der Waals surface area contributed by atoms with Gasteiger partial charge in [0.1, 0.15) is 11.5 Å². The molecule has 0 aliphatic carbocycles. The minimum atomic E-state index is -0.547. The molecule has 0 heterocycles. The number of rotatable bonds is 5. The highest BCUT2D eigenvalue weighted by atomic mass is 16.6. The molecule has 0 fully saturated rings. The molecule has 0 bridgehead atoms. The van der Waals surface area contributed by atoms with Gasteiger partial charge in [0.05, 0.1) is 0 Å². The van der Waals surface area contributed by atoms with Crippen molar-refractivity contribution in [2.45, 2.75) is 52.7 Å². The lowest BCUT2D eigenvalue weighted by molar-refractivity contribution is 0.0492. The van der Waals surface area contributed by atoms with E-state index in [-0.39, 0.29) is 12.0 Å². The molecule has 1 aromatic rings. The second-order valence-electron chi connectivity index (χ2n) is 6.65. The summed E-state index contributed by atoms with van der Waals surface area (Å²) < 4.78 is 5.28. The molecule has 0 radical (unpaired) electrons. The van der Waals surface area contributed by atoms with Crippen LogP contribution in [-0.2, 0) is 9.53 Å². The SMILES string of the molecule is CC(C)C(CC(=C=O)c1ccccc1)NC(=O)OC(C)(C)C. The Morgan fingerprint density at radius 1 is 1.23 bits per heavy atom. The second kappa shape index (κ2) is 7.81. The fraction of sp³-hybridized carbons (Fsp3) is 0.500. The molecule has 1 unspecified atom stereocenters. The van der Waals surface area contributed by atoms with Gasteiger partial charge in [-0.15, -0.1) is 0 Å². The van der Waals surface area contributed by atoms with E-state index in [0.29, 0.717) is 12.0 Å². The summed E-state index contributed by atoms with van der Waals surface area (Å²) >= 11 is 0. The van der Waals surface area contributed by atoms with E-state index in [2.05, 4.69) is 5.32 Å². The number of hydrogen-bond donors (Lipinski definition) is 1. The molecule has 0 aromatic heterocycles. The molecule has 1 aromatic carbocycles. The van der Waals surface area contributed by atoms with Gasteiger partial charge in [-0.05, 0) is 32.3 Å². The average molecular weight is 303 g/mol. The number of carbonyl (C=O) groups excluding carboxylic acids is 2. The van der Waals surface area contributed by atoms with Crippen molar-refractivity contribution in [3.8, 4) is 0 Å². The van der Waals surface area contributed by atoms with Crippen molar-refractivity contribution in [2.24, 2.45) is 5.92 Å². The Kier molecular flexibility index (Phi) is 6.39. The zero-order valence-electron chi connectivity index (χ0n) is 14.0. The molecule has 0 spiro atoms. The molecule has 0 aliphatic heterocycles. The number of nitrogens with one attached hydrogen (secondary N) is 1. The first-order valence-corrected chi connectivity index (χ1v) is 7.52. The lowest BCUT2D eigenvalue weighted by Gasteiger charge is -2.26. The van der Waals surface area contributed by atoms with Crippen LogP contribution in [-0.4, -0.2) is 23.7 Å². The standard InChI is InChI=1S/C18H25NO3/c1-13(2)16(19-17(21)22-18(3,4)5)11-15(12-20)14-9-7-6-8-10-14/h6-10,13,16H,11H2,1-5H3,(H,19,21). The summed E-state index contributed by atoms with van der Waals surface area (Å²) in [4.78, 5) is 23.2. The van der Waals surface area contributed by atoms with Crippen LogP contribution in [0.15, 0.2) is 30.3 Å². The lowest BCUT2D eigenvalue weighted by Crippen LogP contribution is -2.41. The molecule has 0 saturated heterocycles. The summed E-state index contributed by atoms with van der Waals surface area (Å²) in [5, 5.41) is 2.85. The minimum Gasteiger partial charge on any atom is -0.444 e. The molecule has 1 N–H and O–H groups in total. The Morgan fingerprint density at radius 3 is 2.27 bits per heavy atom. The van der Waals surface area contributed by atoms with E-state index in [4.69, 9.17) is 4.74 Å². The van der Waals surface area contributed by atoms with Gasteiger partial charge < -0.3 is 10.1 Å². The number of benzene rings is 1. The van der Waals surface area contributed by atoms with Crippen LogP contribution in [0, 0.1) is 5.92 Å². The Bertz CT molecular complexity index is 537. The smallest absolute Gasteiger partial charge is 0.407 e. The predicted octanol–water partition coefficient (Wildman–Crippen LogP) is 3.84. The zero-order valence-corrected chi connectivity index (χ0v) is 14.0. The van der Waals surface area contributed by atoms with E-state index in [1.807, 2.05) is 70.9 Å². The van der Waals surface area contributed by atoms with Crippen LogP contribution in [0.25, 0.3) is 5.57 Å². The molecule has 1 rings (SSSR count). The van der Waals surface area contributed by atoms with E-state index in [9.17, 15) is 9.59 Å². The minimum absolute atomic E-state index is 0.166. The molecular formula is C18H25NO3. The van der Waals surface area contributed by atoms with Crippen LogP contribution in [0.4, 0.5) is 4.79 Å². The summed E-state index contributed by atoms with van der Waals surface area (Å²) in [6.45, 7) is 9.44. The number of ether oxygens (including phenoxy) is 1. The summed E-state index contributed by atoms with van der Waals surface area (Å²) in [5.41, 5.74) is 0.832. The molecule has 0 saturated carbocycles. The van der Waals surface area contributed by atoms with Crippen LogP contribution in [0.3, 0.4) is 0 Å². The zero-order chi connectivity index (χ0) is 16.8. The largest absolute Gasteiger partial charge is 0.444 e. The highest BCUT2D eigenvalue weighted by Crippen LogP contribution is 2.20. The van der Waals surface area contributed by atoms with Gasteiger partial charge in [0.25, 0.3) is 0 Å². The fourth-order valence-corrected chi connectivity index (χ4v) is 1.99. The van der Waals surface area contributed by atoms with Crippen molar-refractivity contribution < 1.29 is 14.3 Å². The van der Waals surface area contributed by atoms with Gasteiger partial charge in [0.15, 0.2) is 0 Å². The molecule has 120 valence electrons. The van der Waals surface area contributed by atoms with Gasteiger partial charge in [-0.3, -0.25) is 0 Å². The van der Waals surface area contributed by atoms with Gasteiger partial charge in [-0.1, -0.05) is 44.2 Å². The number of alkyl carbamates (subject to hydrolysis) is 1. The topological polar surface area (TPSA) is 55.4 Å². The van der Waals surface area contributed by atoms with Gasteiger partial charge in [-0.25, -0.2) is 9.59 Å². The van der Waals surface area contributed by atoms with Gasteiger partial charge in [0.2, 0.25) is 0 Å². The molecule has 4 nitrogen and oxygen atoms in total. The monoisotopic (exact) mass is 303 g/mol. The molecule has 1 amide bonds. The maximum Gasteiger partial charge on any atom is 0.407 e. The molecule has 4 heteroatoms. The molecular weight excluding hydrogens is 278 g/mol. The van der Waals surface area contributed by atoms with Crippen molar-refractivity contribution >= 4 is 17.6 Å². The Hall–Kier alpha value is -2.06. The van der Waals surface area contributed by atoms with Crippen LogP contribution in [0.1, 0.15) is 46.6 Å². The first-order chi connectivity index (χ1) is 10.2. The number of amides is 1. The predicted molar refractivity (Wildman–Crippen MR) is 88.2 cm³/mol. The third kappa shape index (κ3) is 6.15. The van der Waals surface area contributed by atoms with Crippen molar-refractivity contribution in [1.82, 2.24) is 5.32 Å². The van der Waals surface area contributed by atoms with Crippen LogP contribution in [0.2, 0.25) is 0 Å². The first-order valence-electron chi connectivity index (χ1n) is 7.52. The number of carbonyl (C=O) groups is 1. The Morgan fingerprint density at radius 2 is 1.82 bits per heavy atom. The van der Waals surface area contributed by atoms with E-state index >= 15 is 0 Å². The molecule has 0 aliphatic rings. The average Bonchev–Trinajstić information content (AvgIpc) is 2.42. The van der Waals surface area contributed by atoms with Crippen molar-refractivity contribution in [3.05, 3.63) is 35.9 Å². The third-order valence-corrected chi connectivity index (χ3v) is 3.18. The highest BCUT2D eigenvalue weighted by molar-refractivity contribution is 5.87. The van der Waals surface area contributed by atoms with Crippen molar-refractivity contribution in [3.63, 3.8) is 0 Å². The van der Waals surface area contributed by atoms with Crippen LogP contribution in [0.5, 0.6) is 0 Å². The number of hydrogen-bond acceptors (Lipinski definition) is 3. The summed E-state index contributed by atoms with van der Waals surface area (Å²) in [7, 11) is 0.